The maximum atomic E-state index is 13.0. The Kier molecular flexibility index (Phi) is 7.53. The number of aromatic nitrogens is 1. The van der Waals surface area contributed by atoms with E-state index in [0.29, 0.717) is 33.0 Å². The number of esters is 1. The molecule has 0 radical (unpaired) electrons. The predicted octanol–water partition coefficient (Wildman–Crippen LogP) is 5.22. The summed E-state index contributed by atoms with van der Waals surface area (Å²) in [5.41, 5.74) is 3.06. The van der Waals surface area contributed by atoms with Crippen LogP contribution >= 0.6 is 15.9 Å². The van der Waals surface area contributed by atoms with Gasteiger partial charge >= 0.3 is 5.97 Å². The molecule has 0 aliphatic rings. The van der Waals surface area contributed by atoms with E-state index in [2.05, 4.69) is 28.2 Å². The van der Waals surface area contributed by atoms with Crippen molar-refractivity contribution in [3.05, 3.63) is 73.9 Å². The van der Waals surface area contributed by atoms with Gasteiger partial charge in [0.2, 0.25) is 0 Å². The molecule has 9 heteroatoms. The standard InChI is InChI=1S/C23H22BrN3O5/c1-3-7-18-15(4-2)22(16-8-5-6-9-19(16)25-18)23(29)32-13-21(28)26-20-11-10-14(27(30)31)12-17(20)24/h5-6,8-12H,3-4,7,13H2,1-2H3,(H,26,28). The van der Waals surface area contributed by atoms with E-state index in [0.717, 1.165) is 24.1 Å². The Morgan fingerprint density at radius 1 is 1.19 bits per heavy atom. The summed E-state index contributed by atoms with van der Waals surface area (Å²) in [6, 6.07) is 11.3. The van der Waals surface area contributed by atoms with E-state index in [4.69, 9.17) is 9.72 Å². The van der Waals surface area contributed by atoms with Crippen LogP contribution in [0.25, 0.3) is 10.9 Å². The summed E-state index contributed by atoms with van der Waals surface area (Å²) in [6.45, 7) is 3.51. The van der Waals surface area contributed by atoms with Gasteiger partial charge in [0.05, 0.1) is 21.7 Å². The number of non-ortho nitro benzene ring substituents is 1. The number of nitro benzene ring substituents is 1. The van der Waals surface area contributed by atoms with Gasteiger partial charge in [0.15, 0.2) is 6.61 Å². The fraction of sp³-hybridized carbons (Fsp3) is 0.261. The van der Waals surface area contributed by atoms with Crippen LogP contribution in [0.5, 0.6) is 0 Å². The molecule has 0 fully saturated rings. The molecule has 0 atom stereocenters. The molecule has 8 nitrogen and oxygen atoms in total. The lowest BCUT2D eigenvalue weighted by Crippen LogP contribution is -2.22. The molecule has 32 heavy (non-hydrogen) atoms. The van der Waals surface area contributed by atoms with Gasteiger partial charge in [-0.05, 0) is 46.5 Å². The minimum Gasteiger partial charge on any atom is -0.452 e. The molecule has 1 heterocycles. The summed E-state index contributed by atoms with van der Waals surface area (Å²) < 4.78 is 5.70. The number of hydrogen-bond donors (Lipinski definition) is 1. The Bertz CT molecular complexity index is 1200. The van der Waals surface area contributed by atoms with E-state index in [1.807, 2.05) is 31.2 Å². The minimum absolute atomic E-state index is 0.110. The topological polar surface area (TPSA) is 111 Å². The van der Waals surface area contributed by atoms with Crippen LogP contribution in [0.4, 0.5) is 11.4 Å². The van der Waals surface area contributed by atoms with Gasteiger partial charge in [-0.1, -0.05) is 38.5 Å². The number of anilines is 1. The lowest BCUT2D eigenvalue weighted by Gasteiger charge is -2.15. The van der Waals surface area contributed by atoms with Crippen LogP contribution < -0.4 is 5.32 Å². The van der Waals surface area contributed by atoms with E-state index < -0.39 is 23.4 Å². The smallest absolute Gasteiger partial charge is 0.339 e. The maximum Gasteiger partial charge on any atom is 0.339 e. The first kappa shape index (κ1) is 23.3. The molecular weight excluding hydrogens is 478 g/mol. The second kappa shape index (κ2) is 10.3. The number of benzene rings is 2. The lowest BCUT2D eigenvalue weighted by atomic mass is 9.96. The van der Waals surface area contributed by atoms with Crippen molar-refractivity contribution in [3.63, 3.8) is 0 Å². The molecule has 2 aromatic carbocycles. The average Bonchev–Trinajstić information content (AvgIpc) is 2.78. The van der Waals surface area contributed by atoms with Crippen LogP contribution in [-0.2, 0) is 22.4 Å². The number of nitrogens with zero attached hydrogens (tertiary/aromatic N) is 2. The number of aryl methyl sites for hydroxylation is 1. The largest absolute Gasteiger partial charge is 0.452 e. The number of carbonyl (C=O) groups excluding carboxylic acids is 2. The number of fused-ring (bicyclic) bond motifs is 1. The van der Waals surface area contributed by atoms with Crippen molar-refractivity contribution in [2.24, 2.45) is 0 Å². The van der Waals surface area contributed by atoms with E-state index in [-0.39, 0.29) is 5.69 Å². The Hall–Kier alpha value is -3.33. The van der Waals surface area contributed by atoms with Crippen molar-refractivity contribution < 1.29 is 19.2 Å². The number of nitrogens with one attached hydrogen (secondary N) is 1. The zero-order valence-electron chi connectivity index (χ0n) is 17.7. The molecule has 0 saturated carbocycles. The van der Waals surface area contributed by atoms with Crippen molar-refractivity contribution in [2.75, 3.05) is 11.9 Å². The Labute approximate surface area is 193 Å². The van der Waals surface area contributed by atoms with Crippen LogP contribution in [0.3, 0.4) is 0 Å². The number of ether oxygens (including phenoxy) is 1. The van der Waals surface area contributed by atoms with Gasteiger partial charge < -0.3 is 10.1 Å². The molecule has 1 amide bonds. The van der Waals surface area contributed by atoms with Gasteiger partial charge in [-0.3, -0.25) is 19.9 Å². The zero-order chi connectivity index (χ0) is 23.3. The van der Waals surface area contributed by atoms with Gasteiger partial charge in [-0.2, -0.15) is 0 Å². The zero-order valence-corrected chi connectivity index (χ0v) is 19.3. The second-order valence-electron chi connectivity index (χ2n) is 7.08. The molecule has 0 bridgehead atoms. The second-order valence-corrected chi connectivity index (χ2v) is 7.93. The molecule has 0 spiro atoms. The molecule has 0 unspecified atom stereocenters. The van der Waals surface area contributed by atoms with Crippen molar-refractivity contribution in [1.29, 1.82) is 0 Å². The molecular formula is C23H22BrN3O5. The third-order valence-electron chi connectivity index (χ3n) is 4.90. The fourth-order valence-electron chi connectivity index (χ4n) is 3.47. The molecule has 1 aromatic heterocycles. The first-order chi connectivity index (χ1) is 15.3. The molecule has 3 aromatic rings. The summed E-state index contributed by atoms with van der Waals surface area (Å²) in [6.07, 6.45) is 2.24. The Morgan fingerprint density at radius 3 is 2.59 bits per heavy atom. The first-order valence-corrected chi connectivity index (χ1v) is 11.0. The predicted molar refractivity (Wildman–Crippen MR) is 125 cm³/mol. The number of hydrogen-bond acceptors (Lipinski definition) is 6. The Morgan fingerprint density at radius 2 is 1.94 bits per heavy atom. The molecule has 0 aliphatic carbocycles. The van der Waals surface area contributed by atoms with Crippen LogP contribution in [0, 0.1) is 10.1 Å². The van der Waals surface area contributed by atoms with E-state index in [1.165, 1.54) is 18.2 Å². The number of carbonyl (C=O) groups is 2. The Balaban J connectivity index is 1.80. The van der Waals surface area contributed by atoms with Gasteiger partial charge in [-0.25, -0.2) is 4.79 Å². The highest BCUT2D eigenvalue weighted by Gasteiger charge is 2.21. The number of pyridine rings is 1. The summed E-state index contributed by atoms with van der Waals surface area (Å²) in [7, 11) is 0. The maximum absolute atomic E-state index is 13.0. The average molecular weight is 500 g/mol. The van der Waals surface area contributed by atoms with E-state index in [9.17, 15) is 19.7 Å². The van der Waals surface area contributed by atoms with Crippen LogP contribution in [-0.4, -0.2) is 28.4 Å². The van der Waals surface area contributed by atoms with Crippen molar-refractivity contribution in [1.82, 2.24) is 4.98 Å². The van der Waals surface area contributed by atoms with Gasteiger partial charge in [0.1, 0.15) is 0 Å². The molecule has 1 N–H and O–H groups in total. The third kappa shape index (κ3) is 5.11. The third-order valence-corrected chi connectivity index (χ3v) is 5.55. The summed E-state index contributed by atoms with van der Waals surface area (Å²) in [5, 5.41) is 14.1. The van der Waals surface area contributed by atoms with Gasteiger partial charge in [0, 0.05) is 27.7 Å². The number of halogens is 1. The highest BCUT2D eigenvalue weighted by molar-refractivity contribution is 9.10. The monoisotopic (exact) mass is 499 g/mol. The van der Waals surface area contributed by atoms with Gasteiger partial charge in [-0.15, -0.1) is 0 Å². The normalized spacial score (nSPS) is 10.7. The molecule has 3 rings (SSSR count). The lowest BCUT2D eigenvalue weighted by molar-refractivity contribution is -0.384. The highest BCUT2D eigenvalue weighted by Crippen LogP contribution is 2.28. The van der Waals surface area contributed by atoms with Crippen molar-refractivity contribution in [2.45, 2.75) is 33.1 Å². The molecule has 0 aliphatic heterocycles. The molecule has 0 saturated heterocycles. The summed E-state index contributed by atoms with van der Waals surface area (Å²) >= 11 is 3.20. The summed E-state index contributed by atoms with van der Waals surface area (Å²) in [5.74, 6) is -1.14. The van der Waals surface area contributed by atoms with Crippen molar-refractivity contribution >= 4 is 50.1 Å². The van der Waals surface area contributed by atoms with E-state index in [1.54, 1.807) is 0 Å². The highest BCUT2D eigenvalue weighted by atomic mass is 79.9. The van der Waals surface area contributed by atoms with Gasteiger partial charge in [0.25, 0.3) is 11.6 Å². The van der Waals surface area contributed by atoms with Crippen LogP contribution in [0.1, 0.15) is 41.9 Å². The molecule has 166 valence electrons. The number of nitro groups is 1. The van der Waals surface area contributed by atoms with Crippen LogP contribution in [0.2, 0.25) is 0 Å². The summed E-state index contributed by atoms with van der Waals surface area (Å²) in [4.78, 5) is 40.4. The number of amides is 1. The number of rotatable bonds is 8. The van der Waals surface area contributed by atoms with E-state index >= 15 is 0 Å². The van der Waals surface area contributed by atoms with Crippen LogP contribution in [0.15, 0.2) is 46.9 Å². The number of para-hydroxylation sites is 1. The fourth-order valence-corrected chi connectivity index (χ4v) is 3.93. The quantitative estimate of drug-likeness (QED) is 0.258. The van der Waals surface area contributed by atoms with Crippen molar-refractivity contribution in [3.8, 4) is 0 Å². The minimum atomic E-state index is -0.587. The SMILES string of the molecule is CCCc1nc2ccccc2c(C(=O)OCC(=O)Nc2ccc([N+](=O)[O-])cc2Br)c1CC. The first-order valence-electron chi connectivity index (χ1n) is 10.2.